The molecule has 1 atom stereocenters. The third-order valence-corrected chi connectivity index (χ3v) is 5.17. The number of ether oxygens (including phenoxy) is 1. The average Bonchev–Trinajstić information content (AvgIpc) is 3.41. The van der Waals surface area contributed by atoms with Crippen molar-refractivity contribution in [2.75, 3.05) is 13.1 Å². The van der Waals surface area contributed by atoms with Crippen molar-refractivity contribution < 1.29 is 14.1 Å². The molecule has 0 N–H and O–H groups in total. The van der Waals surface area contributed by atoms with E-state index < -0.39 is 0 Å². The van der Waals surface area contributed by atoms with Crippen LogP contribution in [-0.2, 0) is 6.42 Å². The van der Waals surface area contributed by atoms with E-state index in [0.717, 1.165) is 43.9 Å². The minimum Gasteiger partial charge on any atom is -0.491 e. The molecule has 0 radical (unpaired) electrons. The second-order valence-corrected chi connectivity index (χ2v) is 7.98. The van der Waals surface area contributed by atoms with Crippen molar-refractivity contribution in [1.82, 2.24) is 15.0 Å². The SMILES string of the molecule is CC(C)Oc1ccc(C(=O)N2CCCC(Cc3nc(C4CC4)no3)C2)cc1. The Bertz CT molecular complexity index is 780. The summed E-state index contributed by atoms with van der Waals surface area (Å²) in [6.45, 7) is 5.52. The first kappa shape index (κ1) is 18.0. The van der Waals surface area contributed by atoms with Gasteiger partial charge in [-0.1, -0.05) is 5.16 Å². The van der Waals surface area contributed by atoms with Crippen LogP contribution < -0.4 is 4.74 Å². The van der Waals surface area contributed by atoms with Crippen molar-refractivity contribution in [3.05, 3.63) is 41.5 Å². The predicted octanol–water partition coefficient (Wildman–Crippen LogP) is 3.83. The third kappa shape index (κ3) is 4.49. The quantitative estimate of drug-likeness (QED) is 0.774. The van der Waals surface area contributed by atoms with Crippen LogP contribution in [0.4, 0.5) is 0 Å². The summed E-state index contributed by atoms with van der Waals surface area (Å²) in [5.74, 6) is 3.33. The Morgan fingerprint density at radius 1 is 1.26 bits per heavy atom. The maximum Gasteiger partial charge on any atom is 0.253 e. The molecule has 0 spiro atoms. The van der Waals surface area contributed by atoms with Crippen molar-refractivity contribution in [2.24, 2.45) is 5.92 Å². The van der Waals surface area contributed by atoms with Crippen molar-refractivity contribution in [3.63, 3.8) is 0 Å². The molecule has 1 unspecified atom stereocenters. The topological polar surface area (TPSA) is 68.5 Å². The van der Waals surface area contributed by atoms with Crippen molar-refractivity contribution in [2.45, 2.75) is 58.0 Å². The fourth-order valence-electron chi connectivity index (χ4n) is 3.65. The number of carbonyl (C=O) groups excluding carboxylic acids is 1. The van der Waals surface area contributed by atoms with E-state index in [2.05, 4.69) is 10.1 Å². The Morgan fingerprint density at radius 2 is 2.04 bits per heavy atom. The lowest BCUT2D eigenvalue weighted by atomic mass is 9.94. The lowest BCUT2D eigenvalue weighted by molar-refractivity contribution is 0.0668. The summed E-state index contributed by atoms with van der Waals surface area (Å²) in [6, 6.07) is 7.44. The standard InChI is InChI=1S/C21H27N3O3/c1-14(2)26-18-9-7-17(8-10-18)21(25)24-11-3-4-15(13-24)12-19-22-20(23-27-19)16-5-6-16/h7-10,14-16H,3-6,11-13H2,1-2H3. The number of hydrogen-bond acceptors (Lipinski definition) is 5. The smallest absolute Gasteiger partial charge is 0.253 e. The summed E-state index contributed by atoms with van der Waals surface area (Å²) in [6.07, 6.45) is 5.32. The van der Waals surface area contributed by atoms with Gasteiger partial charge in [-0.05, 0) is 69.7 Å². The van der Waals surface area contributed by atoms with Gasteiger partial charge in [-0.15, -0.1) is 0 Å². The highest BCUT2D eigenvalue weighted by molar-refractivity contribution is 5.94. The van der Waals surface area contributed by atoms with Gasteiger partial charge in [0.15, 0.2) is 5.82 Å². The summed E-state index contributed by atoms with van der Waals surface area (Å²) in [7, 11) is 0. The highest BCUT2D eigenvalue weighted by atomic mass is 16.5. The highest BCUT2D eigenvalue weighted by Gasteiger charge is 2.30. The number of nitrogens with zero attached hydrogens (tertiary/aromatic N) is 3. The van der Waals surface area contributed by atoms with Gasteiger partial charge < -0.3 is 14.2 Å². The van der Waals surface area contributed by atoms with Gasteiger partial charge in [-0.3, -0.25) is 4.79 Å². The fraction of sp³-hybridized carbons (Fsp3) is 0.571. The molecule has 0 bridgehead atoms. The molecule has 144 valence electrons. The number of amides is 1. The van der Waals surface area contributed by atoms with Crippen LogP contribution in [0.5, 0.6) is 5.75 Å². The molecule has 27 heavy (non-hydrogen) atoms. The molecule has 6 nitrogen and oxygen atoms in total. The summed E-state index contributed by atoms with van der Waals surface area (Å²) in [5, 5.41) is 4.10. The molecular weight excluding hydrogens is 342 g/mol. The first-order chi connectivity index (χ1) is 13.1. The van der Waals surface area contributed by atoms with Crippen LogP contribution in [0, 0.1) is 5.92 Å². The fourth-order valence-corrected chi connectivity index (χ4v) is 3.65. The number of likely N-dealkylation sites (tertiary alicyclic amines) is 1. The van der Waals surface area contributed by atoms with Crippen LogP contribution in [0.3, 0.4) is 0 Å². The van der Waals surface area contributed by atoms with E-state index in [1.807, 2.05) is 43.0 Å². The average molecular weight is 369 g/mol. The molecule has 1 aromatic heterocycles. The van der Waals surface area contributed by atoms with Crippen LogP contribution in [0.15, 0.2) is 28.8 Å². The summed E-state index contributed by atoms with van der Waals surface area (Å²) >= 11 is 0. The minimum atomic E-state index is 0.0833. The van der Waals surface area contributed by atoms with E-state index in [1.54, 1.807) is 0 Å². The zero-order chi connectivity index (χ0) is 18.8. The van der Waals surface area contributed by atoms with Gasteiger partial charge in [-0.2, -0.15) is 4.98 Å². The molecule has 1 aliphatic carbocycles. The first-order valence-corrected chi connectivity index (χ1v) is 9.97. The molecule has 1 saturated heterocycles. The second-order valence-electron chi connectivity index (χ2n) is 7.98. The van der Waals surface area contributed by atoms with E-state index in [0.29, 0.717) is 23.3 Å². The van der Waals surface area contributed by atoms with E-state index in [9.17, 15) is 4.79 Å². The maximum absolute atomic E-state index is 12.9. The van der Waals surface area contributed by atoms with Gasteiger partial charge in [0.05, 0.1) is 6.10 Å². The Kier molecular flexibility index (Phi) is 5.14. The van der Waals surface area contributed by atoms with Crippen molar-refractivity contribution in [3.8, 4) is 5.75 Å². The summed E-state index contributed by atoms with van der Waals surface area (Å²) in [4.78, 5) is 19.3. The largest absolute Gasteiger partial charge is 0.491 e. The molecule has 1 aromatic carbocycles. The van der Waals surface area contributed by atoms with Crippen LogP contribution in [-0.4, -0.2) is 40.1 Å². The van der Waals surface area contributed by atoms with E-state index in [1.165, 1.54) is 12.8 Å². The summed E-state index contributed by atoms with van der Waals surface area (Å²) < 4.78 is 11.1. The lowest BCUT2D eigenvalue weighted by Crippen LogP contribution is -2.40. The third-order valence-electron chi connectivity index (χ3n) is 5.17. The van der Waals surface area contributed by atoms with Crippen molar-refractivity contribution >= 4 is 5.91 Å². The first-order valence-electron chi connectivity index (χ1n) is 9.97. The van der Waals surface area contributed by atoms with Crippen LogP contribution >= 0.6 is 0 Å². The Hall–Kier alpha value is -2.37. The predicted molar refractivity (Wildman–Crippen MR) is 101 cm³/mol. The Balaban J connectivity index is 1.35. The molecule has 2 fully saturated rings. The van der Waals surface area contributed by atoms with E-state index >= 15 is 0 Å². The molecule has 1 saturated carbocycles. The number of benzene rings is 1. The number of piperidine rings is 1. The lowest BCUT2D eigenvalue weighted by Gasteiger charge is -2.32. The molecule has 1 amide bonds. The van der Waals surface area contributed by atoms with Crippen LogP contribution in [0.1, 0.15) is 67.5 Å². The van der Waals surface area contributed by atoms with Gasteiger partial charge in [0.25, 0.3) is 5.91 Å². The van der Waals surface area contributed by atoms with E-state index in [-0.39, 0.29) is 12.0 Å². The molecule has 2 aromatic rings. The van der Waals surface area contributed by atoms with Crippen molar-refractivity contribution in [1.29, 1.82) is 0 Å². The van der Waals surface area contributed by atoms with Gasteiger partial charge in [-0.25, -0.2) is 0 Å². The number of aromatic nitrogens is 2. The number of carbonyl (C=O) groups is 1. The molecule has 2 heterocycles. The highest BCUT2D eigenvalue weighted by Crippen LogP contribution is 2.38. The zero-order valence-electron chi connectivity index (χ0n) is 16.1. The minimum absolute atomic E-state index is 0.0833. The number of rotatable bonds is 6. The zero-order valence-corrected chi connectivity index (χ0v) is 16.1. The van der Waals surface area contributed by atoms with Gasteiger partial charge in [0, 0.05) is 31.0 Å². The summed E-state index contributed by atoms with van der Waals surface area (Å²) in [5.41, 5.74) is 0.709. The van der Waals surface area contributed by atoms with Gasteiger partial charge in [0.1, 0.15) is 5.75 Å². The molecule has 4 rings (SSSR count). The van der Waals surface area contributed by atoms with Crippen LogP contribution in [0.2, 0.25) is 0 Å². The van der Waals surface area contributed by atoms with E-state index in [4.69, 9.17) is 9.26 Å². The van der Waals surface area contributed by atoms with Gasteiger partial charge >= 0.3 is 0 Å². The Morgan fingerprint density at radius 3 is 2.74 bits per heavy atom. The molecular formula is C21H27N3O3. The maximum atomic E-state index is 12.9. The van der Waals surface area contributed by atoms with Crippen LogP contribution in [0.25, 0.3) is 0 Å². The normalized spacial score (nSPS) is 20.1. The number of hydrogen-bond donors (Lipinski definition) is 0. The molecule has 1 aliphatic heterocycles. The second kappa shape index (κ2) is 7.71. The van der Waals surface area contributed by atoms with Gasteiger partial charge in [0.2, 0.25) is 5.89 Å². The molecule has 2 aliphatic rings. The molecule has 6 heteroatoms. The Labute approximate surface area is 159 Å². The monoisotopic (exact) mass is 369 g/mol.